The predicted octanol–water partition coefficient (Wildman–Crippen LogP) is 4.87. The van der Waals surface area contributed by atoms with Crippen molar-refractivity contribution >= 4 is 5.91 Å². The van der Waals surface area contributed by atoms with Crippen LogP contribution < -0.4 is 9.47 Å². The summed E-state index contributed by atoms with van der Waals surface area (Å²) in [7, 11) is 3.12. The van der Waals surface area contributed by atoms with E-state index >= 15 is 0 Å². The van der Waals surface area contributed by atoms with Gasteiger partial charge in [0, 0.05) is 11.6 Å². The highest BCUT2D eigenvalue weighted by Crippen LogP contribution is 2.32. The molecule has 0 radical (unpaired) electrons. The Labute approximate surface area is 186 Å². The highest BCUT2D eigenvalue weighted by atomic mass is 19.1. The Morgan fingerprint density at radius 1 is 1.09 bits per heavy atom. The summed E-state index contributed by atoms with van der Waals surface area (Å²) in [6, 6.07) is 11.4. The topological polar surface area (TPSA) is 77.7 Å². The van der Waals surface area contributed by atoms with E-state index in [4.69, 9.17) is 14.0 Å². The van der Waals surface area contributed by atoms with Gasteiger partial charge < -0.3 is 18.9 Å². The Morgan fingerprint density at radius 2 is 1.84 bits per heavy atom. The average Bonchev–Trinajstić information content (AvgIpc) is 3.31. The highest BCUT2D eigenvalue weighted by molar-refractivity contribution is 5.94. The number of carbonyl (C=O) groups is 1. The van der Waals surface area contributed by atoms with Crippen molar-refractivity contribution < 1.29 is 23.2 Å². The second-order valence-corrected chi connectivity index (χ2v) is 7.79. The van der Waals surface area contributed by atoms with Gasteiger partial charge in [0.25, 0.3) is 5.91 Å². The molecule has 0 aliphatic heterocycles. The van der Waals surface area contributed by atoms with Crippen molar-refractivity contribution in [3.8, 4) is 22.9 Å². The fraction of sp³-hybridized carbons (Fsp3) is 0.375. The van der Waals surface area contributed by atoms with Crippen LogP contribution in [0, 0.1) is 5.82 Å². The molecule has 1 aromatic heterocycles. The van der Waals surface area contributed by atoms with Gasteiger partial charge in [0.2, 0.25) is 11.7 Å². The fourth-order valence-corrected chi connectivity index (χ4v) is 4.11. The Kier molecular flexibility index (Phi) is 6.68. The standard InChI is InChI=1S/C24H26FN3O4/c1-30-20-13-12-16(14-21(20)31-2)23-26-22(32-27-23)15-28(17-8-4-3-5-9-17)24(29)18-10-6-7-11-19(18)25/h6-7,10-14,17H,3-5,8-9,15H2,1-2H3. The molecule has 8 heteroatoms. The van der Waals surface area contributed by atoms with Gasteiger partial charge in [0.1, 0.15) is 12.4 Å². The van der Waals surface area contributed by atoms with E-state index in [9.17, 15) is 9.18 Å². The Morgan fingerprint density at radius 3 is 2.56 bits per heavy atom. The fourth-order valence-electron chi connectivity index (χ4n) is 4.11. The monoisotopic (exact) mass is 439 g/mol. The summed E-state index contributed by atoms with van der Waals surface area (Å²) < 4.78 is 30.4. The maximum atomic E-state index is 14.3. The molecular formula is C24H26FN3O4. The molecule has 3 aromatic rings. The number of aromatic nitrogens is 2. The van der Waals surface area contributed by atoms with Crippen LogP contribution in [-0.4, -0.2) is 41.2 Å². The lowest BCUT2D eigenvalue weighted by Gasteiger charge is -2.33. The summed E-state index contributed by atoms with van der Waals surface area (Å²) in [6.07, 6.45) is 4.95. The molecule has 2 aromatic carbocycles. The molecule has 0 atom stereocenters. The Hall–Kier alpha value is -3.42. The molecule has 0 spiro atoms. The molecule has 168 valence electrons. The van der Waals surface area contributed by atoms with E-state index < -0.39 is 5.82 Å². The molecule has 1 amide bonds. The summed E-state index contributed by atoms with van der Waals surface area (Å²) in [6.45, 7) is 0.123. The van der Waals surface area contributed by atoms with Gasteiger partial charge in [0.15, 0.2) is 11.5 Å². The molecule has 4 rings (SSSR count). The molecule has 0 N–H and O–H groups in total. The van der Waals surface area contributed by atoms with E-state index in [2.05, 4.69) is 10.1 Å². The number of rotatable bonds is 7. The van der Waals surface area contributed by atoms with Crippen LogP contribution in [0.1, 0.15) is 48.4 Å². The molecule has 0 bridgehead atoms. The third-order valence-electron chi connectivity index (χ3n) is 5.80. The zero-order valence-electron chi connectivity index (χ0n) is 18.2. The quantitative estimate of drug-likeness (QED) is 0.523. The number of nitrogens with zero attached hydrogens (tertiary/aromatic N) is 3. The minimum Gasteiger partial charge on any atom is -0.493 e. The first kappa shape index (κ1) is 21.8. The van der Waals surface area contributed by atoms with Crippen molar-refractivity contribution in [3.05, 3.63) is 59.7 Å². The van der Waals surface area contributed by atoms with Gasteiger partial charge in [-0.15, -0.1) is 0 Å². The first-order chi connectivity index (χ1) is 15.6. The normalized spacial score (nSPS) is 14.2. The van der Waals surface area contributed by atoms with Gasteiger partial charge in [-0.1, -0.05) is 36.6 Å². The smallest absolute Gasteiger partial charge is 0.257 e. The number of hydrogen-bond acceptors (Lipinski definition) is 6. The Bertz CT molecular complexity index is 1080. The van der Waals surface area contributed by atoms with Crippen LogP contribution in [0.25, 0.3) is 11.4 Å². The van der Waals surface area contributed by atoms with Gasteiger partial charge >= 0.3 is 0 Å². The SMILES string of the molecule is COc1ccc(-c2noc(CN(C(=O)c3ccccc3F)C3CCCCC3)n2)cc1OC. The highest BCUT2D eigenvalue weighted by Gasteiger charge is 2.29. The number of benzene rings is 2. The lowest BCUT2D eigenvalue weighted by molar-refractivity contribution is 0.0581. The number of hydrogen-bond donors (Lipinski definition) is 0. The van der Waals surface area contributed by atoms with Crippen molar-refractivity contribution in [1.82, 2.24) is 15.0 Å². The minimum absolute atomic E-state index is 0.00675. The number of methoxy groups -OCH3 is 2. The van der Waals surface area contributed by atoms with E-state index in [1.54, 1.807) is 49.5 Å². The van der Waals surface area contributed by atoms with Crippen molar-refractivity contribution in [2.24, 2.45) is 0 Å². The molecule has 1 aliphatic rings. The van der Waals surface area contributed by atoms with Crippen LogP contribution in [0.4, 0.5) is 4.39 Å². The molecule has 1 fully saturated rings. The van der Waals surface area contributed by atoms with Gasteiger partial charge in [0.05, 0.1) is 19.8 Å². The average molecular weight is 439 g/mol. The number of amides is 1. The largest absolute Gasteiger partial charge is 0.493 e. The molecule has 1 aliphatic carbocycles. The van der Waals surface area contributed by atoms with Gasteiger partial charge in [-0.2, -0.15) is 4.98 Å². The van der Waals surface area contributed by atoms with Crippen LogP contribution >= 0.6 is 0 Å². The predicted molar refractivity (Wildman–Crippen MR) is 116 cm³/mol. The minimum atomic E-state index is -0.533. The molecule has 0 saturated heterocycles. The maximum Gasteiger partial charge on any atom is 0.257 e. The lowest BCUT2D eigenvalue weighted by Crippen LogP contribution is -2.41. The van der Waals surface area contributed by atoms with E-state index in [1.807, 2.05) is 0 Å². The third-order valence-corrected chi connectivity index (χ3v) is 5.80. The van der Waals surface area contributed by atoms with Crippen molar-refractivity contribution in [2.45, 2.75) is 44.7 Å². The van der Waals surface area contributed by atoms with Gasteiger partial charge in [-0.05, 0) is 43.2 Å². The zero-order valence-corrected chi connectivity index (χ0v) is 18.2. The van der Waals surface area contributed by atoms with Gasteiger partial charge in [-0.25, -0.2) is 4.39 Å². The van der Waals surface area contributed by atoms with Crippen LogP contribution in [-0.2, 0) is 6.54 Å². The zero-order chi connectivity index (χ0) is 22.5. The number of ether oxygens (including phenoxy) is 2. The van der Waals surface area contributed by atoms with Crippen LogP contribution in [0.3, 0.4) is 0 Å². The maximum absolute atomic E-state index is 14.3. The van der Waals surface area contributed by atoms with Crippen LogP contribution in [0.5, 0.6) is 11.5 Å². The van der Waals surface area contributed by atoms with E-state index in [0.29, 0.717) is 28.8 Å². The Balaban J connectivity index is 1.60. The summed E-state index contributed by atoms with van der Waals surface area (Å²) in [5.41, 5.74) is 0.750. The van der Waals surface area contributed by atoms with Crippen molar-refractivity contribution in [1.29, 1.82) is 0 Å². The lowest BCUT2D eigenvalue weighted by atomic mass is 9.93. The van der Waals surface area contributed by atoms with E-state index in [1.165, 1.54) is 12.1 Å². The second kappa shape index (κ2) is 9.80. The second-order valence-electron chi connectivity index (χ2n) is 7.79. The van der Waals surface area contributed by atoms with Crippen molar-refractivity contribution in [2.75, 3.05) is 14.2 Å². The molecule has 0 unspecified atom stereocenters. The van der Waals surface area contributed by atoms with Crippen molar-refractivity contribution in [3.63, 3.8) is 0 Å². The summed E-state index contributed by atoms with van der Waals surface area (Å²) >= 11 is 0. The number of carbonyl (C=O) groups excluding carboxylic acids is 1. The summed E-state index contributed by atoms with van der Waals surface area (Å²) in [5.74, 6) is 0.928. The molecule has 7 nitrogen and oxygen atoms in total. The van der Waals surface area contributed by atoms with Gasteiger partial charge in [-0.3, -0.25) is 4.79 Å². The molecule has 32 heavy (non-hydrogen) atoms. The molecular weight excluding hydrogens is 413 g/mol. The van der Waals surface area contributed by atoms with E-state index in [-0.39, 0.29) is 24.1 Å². The van der Waals surface area contributed by atoms with Crippen LogP contribution in [0.15, 0.2) is 47.0 Å². The third kappa shape index (κ3) is 4.59. The summed E-state index contributed by atoms with van der Waals surface area (Å²) in [4.78, 5) is 19.4. The number of halogens is 1. The van der Waals surface area contributed by atoms with Crippen LogP contribution in [0.2, 0.25) is 0 Å². The summed E-state index contributed by atoms with van der Waals surface area (Å²) in [5, 5.41) is 4.07. The molecule has 1 heterocycles. The van der Waals surface area contributed by atoms with E-state index in [0.717, 1.165) is 32.1 Å². The first-order valence-corrected chi connectivity index (χ1v) is 10.7. The molecule has 1 saturated carbocycles. The first-order valence-electron chi connectivity index (χ1n) is 10.7.